The van der Waals surface area contributed by atoms with E-state index in [9.17, 15) is 25.6 Å². The Morgan fingerprint density at radius 3 is 1.53 bits per heavy atom. The lowest BCUT2D eigenvalue weighted by atomic mass is 10.3. The molecule has 0 spiro atoms. The molecule has 0 saturated carbocycles. The number of nitrogens with one attached hydrogen (secondary N) is 1. The van der Waals surface area contributed by atoms with E-state index < -0.39 is 29.8 Å². The normalized spacial score (nSPS) is 15.3. The van der Waals surface area contributed by atoms with Crippen LogP contribution in [0.1, 0.15) is 20.8 Å². The van der Waals surface area contributed by atoms with Crippen LogP contribution in [-0.2, 0) is 20.0 Å². The lowest BCUT2D eigenvalue weighted by Gasteiger charge is -2.21. The zero-order valence-electron chi connectivity index (χ0n) is 8.28. The van der Waals surface area contributed by atoms with Gasteiger partial charge < -0.3 is 0 Å². The maximum Gasteiger partial charge on any atom is 0.369 e. The van der Waals surface area contributed by atoms with E-state index in [1.807, 2.05) is 0 Å². The van der Waals surface area contributed by atoms with Crippen LogP contribution in [-0.4, -0.2) is 26.6 Å². The monoisotopic (exact) mass is 283 g/mol. The van der Waals surface area contributed by atoms with Gasteiger partial charge in [0.15, 0.2) is 0 Å². The first-order valence-electron chi connectivity index (χ1n) is 3.65. The molecule has 0 amide bonds. The molecule has 5 nitrogen and oxygen atoms in total. The number of alkyl halides is 2. The topological polar surface area (TPSA) is 80.3 Å². The standard InChI is InChI=1S/C5H12F2NO4PS2/c1-4(2,3)14(9,10)8-15(11,12)5(6,7)13/h8H,13H2,1-3H3. The minimum atomic E-state index is -5.25. The van der Waals surface area contributed by atoms with Crippen LogP contribution in [0.25, 0.3) is 0 Å². The first-order valence-corrected chi connectivity index (χ1v) is 7.19. The second kappa shape index (κ2) is 3.87. The van der Waals surface area contributed by atoms with Gasteiger partial charge in [-0.15, -0.1) is 4.13 Å². The number of hydrogen-bond acceptors (Lipinski definition) is 4. The fourth-order valence-corrected chi connectivity index (χ4v) is 3.36. The quantitative estimate of drug-likeness (QED) is 0.763. The van der Waals surface area contributed by atoms with Crippen molar-refractivity contribution >= 4 is 29.3 Å². The molecule has 0 aromatic carbocycles. The number of rotatable bonds is 3. The van der Waals surface area contributed by atoms with Crippen molar-refractivity contribution in [3.05, 3.63) is 0 Å². The van der Waals surface area contributed by atoms with E-state index in [2.05, 4.69) is 0 Å². The Bertz CT molecular complexity index is 389. The van der Waals surface area contributed by atoms with Gasteiger partial charge in [0.2, 0.25) is 10.0 Å². The Kier molecular flexibility index (Phi) is 3.91. The molecular weight excluding hydrogens is 271 g/mol. The van der Waals surface area contributed by atoms with E-state index in [0.29, 0.717) is 0 Å². The largest absolute Gasteiger partial charge is 0.369 e. The second-order valence-electron chi connectivity index (χ2n) is 3.76. The van der Waals surface area contributed by atoms with Crippen LogP contribution in [0.2, 0.25) is 0 Å². The molecule has 10 heteroatoms. The Morgan fingerprint density at radius 2 is 1.33 bits per heavy atom. The summed E-state index contributed by atoms with van der Waals surface area (Å²) < 4.78 is 68.7. The molecular formula is C5H12F2NO4PS2. The number of sulfonamides is 2. The second-order valence-corrected chi connectivity index (χ2v) is 9.36. The van der Waals surface area contributed by atoms with E-state index in [1.54, 1.807) is 0 Å². The van der Waals surface area contributed by atoms with Crippen LogP contribution in [0.4, 0.5) is 8.78 Å². The lowest BCUT2D eigenvalue weighted by Crippen LogP contribution is -2.46. The Morgan fingerprint density at radius 1 is 1.00 bits per heavy atom. The number of halogens is 2. The molecule has 0 rings (SSSR count). The summed E-state index contributed by atoms with van der Waals surface area (Å²) >= 11 is 0. The van der Waals surface area contributed by atoms with Crippen molar-refractivity contribution in [1.29, 1.82) is 0 Å². The third kappa shape index (κ3) is 3.58. The maximum absolute atomic E-state index is 12.5. The van der Waals surface area contributed by atoms with Crippen molar-refractivity contribution in [2.24, 2.45) is 0 Å². The molecule has 1 N–H and O–H groups in total. The van der Waals surface area contributed by atoms with Gasteiger partial charge in [-0.05, 0) is 30.0 Å². The van der Waals surface area contributed by atoms with Crippen LogP contribution < -0.4 is 4.13 Å². The molecule has 15 heavy (non-hydrogen) atoms. The average Bonchev–Trinajstić information content (AvgIpc) is 1.77. The highest BCUT2D eigenvalue weighted by Crippen LogP contribution is 2.29. The molecule has 1 atom stereocenters. The minimum absolute atomic E-state index is 0.756. The molecule has 0 aromatic heterocycles. The maximum atomic E-state index is 12.5. The SMILES string of the molecule is CC(C)(C)S(=O)(=O)NS(=O)(=O)C(F)(F)P. The van der Waals surface area contributed by atoms with Gasteiger partial charge in [0.25, 0.3) is 10.0 Å². The molecule has 0 heterocycles. The van der Waals surface area contributed by atoms with Crippen molar-refractivity contribution in [2.75, 3.05) is 0 Å². The summed E-state index contributed by atoms with van der Waals surface area (Å²) in [5, 5.41) is 0. The van der Waals surface area contributed by atoms with E-state index >= 15 is 0 Å². The number of hydrogen-bond donors (Lipinski definition) is 1. The van der Waals surface area contributed by atoms with Crippen LogP contribution in [0.5, 0.6) is 0 Å². The summed E-state index contributed by atoms with van der Waals surface area (Å²) in [6.45, 7) is 3.56. The lowest BCUT2D eigenvalue weighted by molar-refractivity contribution is 0.193. The van der Waals surface area contributed by atoms with Gasteiger partial charge in [-0.3, -0.25) is 0 Å². The molecule has 1 unspecified atom stereocenters. The van der Waals surface area contributed by atoms with Gasteiger partial charge in [-0.1, -0.05) is 0 Å². The Labute approximate surface area is 89.9 Å². The van der Waals surface area contributed by atoms with Crippen LogP contribution in [0.3, 0.4) is 0 Å². The van der Waals surface area contributed by atoms with Gasteiger partial charge in [0, 0.05) is 0 Å². The van der Waals surface area contributed by atoms with Gasteiger partial charge in [-0.25, -0.2) is 16.8 Å². The van der Waals surface area contributed by atoms with Crippen LogP contribution in [0.15, 0.2) is 0 Å². The van der Waals surface area contributed by atoms with Crippen molar-refractivity contribution in [3.8, 4) is 0 Å². The van der Waals surface area contributed by atoms with Crippen molar-refractivity contribution in [2.45, 2.75) is 30.5 Å². The third-order valence-electron chi connectivity index (χ3n) is 1.38. The zero-order valence-corrected chi connectivity index (χ0v) is 11.1. The fraction of sp³-hybridized carbons (Fsp3) is 1.00. The highest BCUT2D eigenvalue weighted by molar-refractivity contribution is 8.07. The van der Waals surface area contributed by atoms with Gasteiger partial charge in [0.05, 0.1) is 4.75 Å². The first kappa shape index (κ1) is 15.2. The van der Waals surface area contributed by atoms with E-state index in [0.717, 1.165) is 13.4 Å². The van der Waals surface area contributed by atoms with Crippen LogP contribution in [0, 0.1) is 0 Å². The molecule has 0 aliphatic rings. The predicted molar refractivity (Wildman–Crippen MR) is 55.4 cm³/mol. The molecule has 0 bridgehead atoms. The summed E-state index contributed by atoms with van der Waals surface area (Å²) in [4.78, 5) is -4.23. The molecule has 0 radical (unpaired) electrons. The molecule has 0 aliphatic carbocycles. The molecule has 0 aliphatic heterocycles. The van der Waals surface area contributed by atoms with Gasteiger partial charge in [-0.2, -0.15) is 8.78 Å². The van der Waals surface area contributed by atoms with Gasteiger partial charge >= 0.3 is 5.00 Å². The fourth-order valence-electron chi connectivity index (χ4n) is 0.325. The van der Waals surface area contributed by atoms with Crippen molar-refractivity contribution < 1.29 is 25.6 Å². The van der Waals surface area contributed by atoms with Crippen molar-refractivity contribution in [3.63, 3.8) is 0 Å². The van der Waals surface area contributed by atoms with Crippen molar-refractivity contribution in [1.82, 2.24) is 4.13 Å². The van der Waals surface area contributed by atoms with E-state index in [1.165, 1.54) is 20.8 Å². The highest BCUT2D eigenvalue weighted by Gasteiger charge is 2.45. The summed E-state index contributed by atoms with van der Waals surface area (Å²) in [5.74, 6) is 0. The van der Waals surface area contributed by atoms with E-state index in [4.69, 9.17) is 0 Å². The minimum Gasteiger partial charge on any atom is -0.211 e. The zero-order chi connectivity index (χ0) is 12.7. The Balaban J connectivity index is 5.28. The van der Waals surface area contributed by atoms with E-state index in [-0.39, 0.29) is 0 Å². The van der Waals surface area contributed by atoms with Gasteiger partial charge in [0.1, 0.15) is 0 Å². The molecule has 0 fully saturated rings. The molecule has 0 aromatic rings. The van der Waals surface area contributed by atoms with Crippen LogP contribution >= 0.6 is 9.24 Å². The molecule has 92 valence electrons. The average molecular weight is 283 g/mol. The summed E-state index contributed by atoms with van der Waals surface area (Å²) in [5.41, 5.74) is 0. The first-order chi connectivity index (χ1) is 6.21. The smallest absolute Gasteiger partial charge is 0.211 e. The Hall–Kier alpha value is 0.150. The third-order valence-corrected chi connectivity index (χ3v) is 6.40. The predicted octanol–water partition coefficient (Wildman–Crippen LogP) is 0.459. The summed E-state index contributed by atoms with van der Waals surface area (Å²) in [6, 6.07) is 0. The highest BCUT2D eigenvalue weighted by atomic mass is 32.3. The summed E-state index contributed by atoms with van der Waals surface area (Å²) in [6.07, 6.45) is 0. The molecule has 0 saturated heterocycles. The summed E-state index contributed by atoms with van der Waals surface area (Å²) in [7, 11) is -8.86.